The fraction of sp³-hybridized carbons (Fsp3) is 0.833. The van der Waals surface area contributed by atoms with Gasteiger partial charge in [-0.05, 0) is 19.8 Å². The van der Waals surface area contributed by atoms with E-state index in [4.69, 9.17) is 5.11 Å². The Bertz CT molecular complexity index is 290. The van der Waals surface area contributed by atoms with E-state index in [9.17, 15) is 14.7 Å². The Hall–Kier alpha value is -1.30. The van der Waals surface area contributed by atoms with Crippen molar-refractivity contribution in [3.05, 3.63) is 0 Å². The Morgan fingerprint density at radius 3 is 2.33 bits per heavy atom. The molecule has 0 aliphatic carbocycles. The summed E-state index contributed by atoms with van der Waals surface area (Å²) in [5.41, 5.74) is -1.43. The summed E-state index contributed by atoms with van der Waals surface area (Å²) in [6.07, 6.45) is -0.399. The monoisotopic (exact) mass is 260 g/mol. The van der Waals surface area contributed by atoms with E-state index in [0.29, 0.717) is 19.0 Å². The topological polar surface area (TPSA) is 89.9 Å². The molecule has 2 amide bonds. The lowest BCUT2D eigenvalue weighted by Gasteiger charge is -2.26. The molecule has 0 saturated heterocycles. The Labute approximate surface area is 108 Å². The van der Waals surface area contributed by atoms with Crippen LogP contribution in [0.2, 0.25) is 0 Å². The number of aliphatic carboxylic acids is 1. The molecule has 0 spiro atoms. The molecule has 1 unspecified atom stereocenters. The lowest BCUT2D eigenvalue weighted by Crippen LogP contribution is -2.48. The van der Waals surface area contributed by atoms with E-state index < -0.39 is 18.0 Å². The third-order valence-corrected chi connectivity index (χ3v) is 2.41. The van der Waals surface area contributed by atoms with Gasteiger partial charge in [-0.15, -0.1) is 0 Å². The normalized spacial score (nSPS) is 14.1. The van der Waals surface area contributed by atoms with E-state index >= 15 is 0 Å². The minimum atomic E-state index is -1.43. The van der Waals surface area contributed by atoms with Crippen LogP contribution >= 0.6 is 0 Å². The zero-order valence-electron chi connectivity index (χ0n) is 11.6. The van der Waals surface area contributed by atoms with Crippen LogP contribution in [0.5, 0.6) is 0 Å². The van der Waals surface area contributed by atoms with Gasteiger partial charge in [0.05, 0.1) is 12.0 Å². The summed E-state index contributed by atoms with van der Waals surface area (Å²) in [4.78, 5) is 23.9. The van der Waals surface area contributed by atoms with Crippen LogP contribution < -0.4 is 5.32 Å². The second-order valence-electron chi connectivity index (χ2n) is 5.16. The van der Waals surface area contributed by atoms with Gasteiger partial charge in [-0.1, -0.05) is 13.8 Å². The minimum absolute atomic E-state index is 0.0767. The summed E-state index contributed by atoms with van der Waals surface area (Å²) >= 11 is 0. The Balaban J connectivity index is 4.26. The Kier molecular flexibility index (Phi) is 6.68. The van der Waals surface area contributed by atoms with Crippen molar-refractivity contribution in [1.82, 2.24) is 10.2 Å². The number of rotatable bonds is 7. The van der Waals surface area contributed by atoms with Gasteiger partial charge < -0.3 is 20.4 Å². The molecule has 0 aromatic heterocycles. The highest BCUT2D eigenvalue weighted by molar-refractivity contribution is 5.74. The van der Waals surface area contributed by atoms with Crippen molar-refractivity contribution in [2.75, 3.05) is 19.6 Å². The van der Waals surface area contributed by atoms with Gasteiger partial charge in [-0.3, -0.25) is 4.79 Å². The van der Waals surface area contributed by atoms with Gasteiger partial charge in [0.1, 0.15) is 0 Å². The van der Waals surface area contributed by atoms with Crippen molar-refractivity contribution in [2.45, 2.75) is 39.7 Å². The summed E-state index contributed by atoms with van der Waals surface area (Å²) < 4.78 is 0. The maximum absolute atomic E-state index is 11.8. The molecule has 0 aromatic carbocycles. The van der Waals surface area contributed by atoms with Crippen LogP contribution in [0.3, 0.4) is 0 Å². The number of urea groups is 1. The molecule has 0 aliphatic heterocycles. The zero-order chi connectivity index (χ0) is 14.3. The highest BCUT2D eigenvalue weighted by Gasteiger charge is 2.25. The number of amides is 2. The molecule has 0 radical (unpaired) electrons. The highest BCUT2D eigenvalue weighted by Crippen LogP contribution is 2.08. The molecule has 0 bridgehead atoms. The fourth-order valence-corrected chi connectivity index (χ4v) is 1.56. The third kappa shape index (κ3) is 7.11. The van der Waals surface area contributed by atoms with Crippen LogP contribution in [-0.4, -0.2) is 52.3 Å². The number of nitrogens with zero attached hydrogens (tertiary/aromatic N) is 1. The summed E-state index contributed by atoms with van der Waals surface area (Å²) in [5, 5.41) is 20.9. The van der Waals surface area contributed by atoms with Crippen molar-refractivity contribution in [3.63, 3.8) is 0 Å². The van der Waals surface area contributed by atoms with Crippen molar-refractivity contribution >= 4 is 12.0 Å². The maximum atomic E-state index is 11.8. The van der Waals surface area contributed by atoms with Crippen molar-refractivity contribution < 1.29 is 19.8 Å². The molecule has 0 fully saturated rings. The second kappa shape index (κ2) is 7.20. The van der Waals surface area contributed by atoms with Gasteiger partial charge in [0.25, 0.3) is 0 Å². The van der Waals surface area contributed by atoms with E-state index in [1.807, 2.05) is 20.8 Å². The van der Waals surface area contributed by atoms with E-state index in [2.05, 4.69) is 5.32 Å². The predicted molar refractivity (Wildman–Crippen MR) is 68.4 cm³/mol. The Morgan fingerprint density at radius 2 is 1.94 bits per heavy atom. The first-order chi connectivity index (χ1) is 8.18. The largest absolute Gasteiger partial charge is 0.481 e. The maximum Gasteiger partial charge on any atom is 0.317 e. The lowest BCUT2D eigenvalue weighted by molar-refractivity contribution is -0.141. The van der Waals surface area contributed by atoms with Gasteiger partial charge in [-0.25, -0.2) is 4.79 Å². The number of carboxylic acid groups (broad SMARTS) is 1. The second-order valence-corrected chi connectivity index (χ2v) is 5.16. The first-order valence-corrected chi connectivity index (χ1v) is 6.15. The lowest BCUT2D eigenvalue weighted by atomic mass is 10.0. The molecule has 6 heteroatoms. The first kappa shape index (κ1) is 16.7. The predicted octanol–water partition coefficient (Wildman–Crippen LogP) is 0.900. The molecule has 18 heavy (non-hydrogen) atoms. The van der Waals surface area contributed by atoms with E-state index in [1.54, 1.807) is 4.90 Å². The molecule has 1 atom stereocenters. The van der Waals surface area contributed by atoms with Crippen LogP contribution in [0.15, 0.2) is 0 Å². The molecule has 0 heterocycles. The number of hydrogen-bond donors (Lipinski definition) is 3. The average molecular weight is 260 g/mol. The number of carbonyl (C=O) groups excluding carboxylic acids is 1. The van der Waals surface area contributed by atoms with E-state index in [0.717, 1.165) is 0 Å². The summed E-state index contributed by atoms with van der Waals surface area (Å²) in [7, 11) is 0. The van der Waals surface area contributed by atoms with Gasteiger partial charge in [0.2, 0.25) is 0 Å². The standard InChI is InChI=1S/C12H24N2O4/c1-5-14(7-9(2)3)11(17)13-8-12(4,18)6-10(15)16/h9,18H,5-8H2,1-4H3,(H,13,17)(H,15,16). The molecule has 0 aromatic rings. The summed E-state index contributed by atoms with van der Waals surface area (Å²) in [6, 6.07) is -0.281. The Morgan fingerprint density at radius 1 is 1.39 bits per heavy atom. The molecule has 3 N–H and O–H groups in total. The summed E-state index contributed by atoms with van der Waals surface area (Å²) in [6.45, 7) is 8.41. The average Bonchev–Trinajstić information content (AvgIpc) is 2.20. The van der Waals surface area contributed by atoms with Gasteiger partial charge in [0, 0.05) is 19.6 Å². The van der Waals surface area contributed by atoms with Gasteiger partial charge in [-0.2, -0.15) is 0 Å². The van der Waals surface area contributed by atoms with Crippen LogP contribution in [0.25, 0.3) is 0 Å². The quantitative estimate of drug-likeness (QED) is 0.634. The van der Waals surface area contributed by atoms with Crippen LogP contribution in [0, 0.1) is 5.92 Å². The molecule has 0 saturated carbocycles. The molecular formula is C12H24N2O4. The van der Waals surface area contributed by atoms with Crippen molar-refractivity contribution in [3.8, 4) is 0 Å². The number of aliphatic hydroxyl groups is 1. The third-order valence-electron chi connectivity index (χ3n) is 2.41. The highest BCUT2D eigenvalue weighted by atomic mass is 16.4. The number of carbonyl (C=O) groups is 2. The molecule has 106 valence electrons. The van der Waals surface area contributed by atoms with Crippen LogP contribution in [0.1, 0.15) is 34.1 Å². The number of carboxylic acids is 1. The summed E-state index contributed by atoms with van der Waals surface area (Å²) in [5.74, 6) is -0.737. The zero-order valence-corrected chi connectivity index (χ0v) is 11.6. The van der Waals surface area contributed by atoms with E-state index in [1.165, 1.54) is 6.92 Å². The molecule has 6 nitrogen and oxygen atoms in total. The van der Waals surface area contributed by atoms with Gasteiger partial charge in [0.15, 0.2) is 0 Å². The van der Waals surface area contributed by atoms with E-state index in [-0.39, 0.29) is 12.6 Å². The minimum Gasteiger partial charge on any atom is -0.481 e. The smallest absolute Gasteiger partial charge is 0.317 e. The first-order valence-electron chi connectivity index (χ1n) is 6.15. The van der Waals surface area contributed by atoms with Crippen LogP contribution in [0.4, 0.5) is 4.79 Å². The SMILES string of the molecule is CCN(CC(C)C)C(=O)NCC(C)(O)CC(=O)O. The molecule has 0 rings (SSSR count). The number of nitrogens with one attached hydrogen (secondary N) is 1. The fourth-order valence-electron chi connectivity index (χ4n) is 1.56. The van der Waals surface area contributed by atoms with Gasteiger partial charge >= 0.3 is 12.0 Å². The number of hydrogen-bond acceptors (Lipinski definition) is 3. The van der Waals surface area contributed by atoms with Crippen LogP contribution in [-0.2, 0) is 4.79 Å². The molecular weight excluding hydrogens is 236 g/mol. The van der Waals surface area contributed by atoms with Crippen molar-refractivity contribution in [2.24, 2.45) is 5.92 Å². The molecule has 0 aliphatic rings. The van der Waals surface area contributed by atoms with Crippen molar-refractivity contribution in [1.29, 1.82) is 0 Å².